The normalized spacial score (nSPS) is 12.2. The molecule has 0 unspecified atom stereocenters. The summed E-state index contributed by atoms with van der Waals surface area (Å²) in [7, 11) is 0. The lowest BCUT2D eigenvalue weighted by Gasteiger charge is -2.12. The number of rotatable bonds is 4. The van der Waals surface area contributed by atoms with Crippen molar-refractivity contribution in [2.75, 3.05) is 0 Å². The minimum atomic E-state index is -4.52. The molecule has 0 aliphatic rings. The van der Waals surface area contributed by atoms with Crippen LogP contribution in [0.4, 0.5) is 13.2 Å². The van der Waals surface area contributed by atoms with Gasteiger partial charge in [0, 0.05) is 48.0 Å². The van der Waals surface area contributed by atoms with Gasteiger partial charge in [0.25, 0.3) is 0 Å². The largest absolute Gasteiger partial charge is 0.433 e. The Morgan fingerprint density at radius 2 is 1.89 bits per heavy atom. The van der Waals surface area contributed by atoms with E-state index in [2.05, 4.69) is 28.9 Å². The van der Waals surface area contributed by atoms with E-state index in [1.54, 1.807) is 46.0 Å². The highest BCUT2D eigenvalue weighted by molar-refractivity contribution is 5.81. The zero-order valence-corrected chi connectivity index (χ0v) is 15.4. The molecule has 0 radical (unpaired) electrons. The molecule has 4 aromatic rings. The third-order valence-corrected chi connectivity index (χ3v) is 4.35. The van der Waals surface area contributed by atoms with Gasteiger partial charge in [0.2, 0.25) is 0 Å². The first-order valence-electron chi connectivity index (χ1n) is 8.85. The van der Waals surface area contributed by atoms with E-state index in [9.17, 15) is 13.2 Å². The Hall–Kier alpha value is -3.16. The van der Waals surface area contributed by atoms with Gasteiger partial charge in [0.15, 0.2) is 0 Å². The highest BCUT2D eigenvalue weighted by atomic mass is 19.4. The van der Waals surface area contributed by atoms with Crippen molar-refractivity contribution in [2.45, 2.75) is 26.6 Å². The monoisotopic (exact) mass is 385 g/mol. The topological polar surface area (TPSA) is 48.0 Å². The Kier molecular flexibility index (Phi) is 4.41. The van der Waals surface area contributed by atoms with Crippen molar-refractivity contribution in [1.29, 1.82) is 0 Å². The van der Waals surface area contributed by atoms with Crippen molar-refractivity contribution >= 4 is 5.65 Å². The fourth-order valence-electron chi connectivity index (χ4n) is 3.10. The van der Waals surface area contributed by atoms with E-state index in [1.807, 2.05) is 6.20 Å². The molecule has 0 bridgehead atoms. The lowest BCUT2D eigenvalue weighted by molar-refractivity contribution is -0.141. The maximum absolute atomic E-state index is 13.3. The minimum Gasteiger partial charge on any atom is -0.307 e. The van der Waals surface area contributed by atoms with Gasteiger partial charge in [-0.25, -0.2) is 9.97 Å². The second-order valence-corrected chi connectivity index (χ2v) is 7.04. The first-order chi connectivity index (χ1) is 13.3. The summed E-state index contributed by atoms with van der Waals surface area (Å²) in [5, 5.41) is 4.33. The predicted octanol–water partition coefficient (Wildman–Crippen LogP) is 4.93. The summed E-state index contributed by atoms with van der Waals surface area (Å²) in [6.07, 6.45) is 4.13. The third-order valence-electron chi connectivity index (χ3n) is 4.35. The molecule has 0 aliphatic carbocycles. The highest BCUT2D eigenvalue weighted by Gasteiger charge is 2.33. The summed E-state index contributed by atoms with van der Waals surface area (Å²) in [6, 6.07) is 5.92. The van der Waals surface area contributed by atoms with Crippen LogP contribution in [0.1, 0.15) is 19.5 Å². The van der Waals surface area contributed by atoms with Gasteiger partial charge in [-0.2, -0.15) is 18.3 Å². The molecule has 0 aromatic carbocycles. The van der Waals surface area contributed by atoms with E-state index in [4.69, 9.17) is 0 Å². The van der Waals surface area contributed by atoms with Crippen LogP contribution in [0.25, 0.3) is 28.0 Å². The minimum absolute atomic E-state index is 0.254. The van der Waals surface area contributed by atoms with Crippen molar-refractivity contribution in [3.63, 3.8) is 0 Å². The Bertz CT molecular complexity index is 1120. The molecule has 8 heteroatoms. The first kappa shape index (κ1) is 18.2. The number of fused-ring (bicyclic) bond motifs is 1. The van der Waals surface area contributed by atoms with Crippen LogP contribution in [0.2, 0.25) is 0 Å². The van der Waals surface area contributed by atoms with Crippen molar-refractivity contribution in [3.8, 4) is 22.4 Å². The summed E-state index contributed by atoms with van der Waals surface area (Å²) >= 11 is 0. The third kappa shape index (κ3) is 3.49. The maximum atomic E-state index is 13.3. The number of halogens is 3. The Morgan fingerprint density at radius 1 is 1.07 bits per heavy atom. The maximum Gasteiger partial charge on any atom is 0.433 e. The fraction of sp³-hybridized carbons (Fsp3) is 0.250. The van der Waals surface area contributed by atoms with Crippen LogP contribution in [0.3, 0.4) is 0 Å². The summed E-state index contributed by atoms with van der Waals surface area (Å²) < 4.78 is 43.4. The van der Waals surface area contributed by atoms with Gasteiger partial charge in [-0.15, -0.1) is 0 Å². The number of hydrogen-bond acceptors (Lipinski definition) is 3. The van der Waals surface area contributed by atoms with E-state index in [0.717, 1.165) is 18.2 Å². The molecular weight excluding hydrogens is 367 g/mol. The van der Waals surface area contributed by atoms with Crippen LogP contribution in [-0.4, -0.2) is 24.1 Å². The standard InChI is InChI=1S/C20H18F3N5/c1-13(2)11-28-12-15(10-25-28)16-3-4-17(20(21,22)23)26-19(16)14-5-7-27-8-6-24-18(27)9-14/h3-10,12-13H,11H2,1-2H3. The lowest BCUT2D eigenvalue weighted by Crippen LogP contribution is -2.09. The second-order valence-electron chi connectivity index (χ2n) is 7.04. The number of alkyl halides is 3. The van der Waals surface area contributed by atoms with Crippen LogP contribution in [0.5, 0.6) is 0 Å². The highest BCUT2D eigenvalue weighted by Crippen LogP contribution is 2.35. The first-order valence-corrected chi connectivity index (χ1v) is 8.85. The number of pyridine rings is 2. The van der Waals surface area contributed by atoms with Crippen molar-refractivity contribution in [3.05, 3.63) is 60.9 Å². The number of nitrogens with zero attached hydrogens (tertiary/aromatic N) is 5. The van der Waals surface area contributed by atoms with Gasteiger partial charge in [0.05, 0.1) is 11.9 Å². The van der Waals surface area contributed by atoms with Crippen LogP contribution in [-0.2, 0) is 12.7 Å². The van der Waals surface area contributed by atoms with E-state index < -0.39 is 11.9 Å². The Morgan fingerprint density at radius 3 is 2.64 bits per heavy atom. The van der Waals surface area contributed by atoms with Gasteiger partial charge >= 0.3 is 6.18 Å². The molecule has 0 amide bonds. The van der Waals surface area contributed by atoms with Crippen LogP contribution in [0, 0.1) is 5.92 Å². The SMILES string of the molecule is CC(C)Cn1cc(-c2ccc(C(F)(F)F)nc2-c2ccn3ccnc3c2)cn1. The predicted molar refractivity (Wildman–Crippen MR) is 99.5 cm³/mol. The number of aromatic nitrogens is 5. The van der Waals surface area contributed by atoms with Crippen LogP contribution in [0.15, 0.2) is 55.2 Å². The zero-order chi connectivity index (χ0) is 19.9. The Labute approximate surface area is 159 Å². The molecule has 0 fully saturated rings. The van der Waals surface area contributed by atoms with E-state index in [0.29, 0.717) is 22.7 Å². The molecule has 4 rings (SSSR count). The molecule has 28 heavy (non-hydrogen) atoms. The fourth-order valence-corrected chi connectivity index (χ4v) is 3.10. The molecule has 0 aliphatic heterocycles. The lowest BCUT2D eigenvalue weighted by atomic mass is 10.0. The molecule has 0 spiro atoms. The number of imidazole rings is 1. The molecule has 4 aromatic heterocycles. The van der Waals surface area contributed by atoms with Crippen LogP contribution < -0.4 is 0 Å². The Balaban J connectivity index is 1.87. The van der Waals surface area contributed by atoms with E-state index in [1.165, 1.54) is 6.07 Å². The zero-order valence-electron chi connectivity index (χ0n) is 15.4. The van der Waals surface area contributed by atoms with E-state index in [-0.39, 0.29) is 5.69 Å². The summed E-state index contributed by atoms with van der Waals surface area (Å²) in [5.41, 5.74) is 1.85. The van der Waals surface area contributed by atoms with Gasteiger partial charge in [0.1, 0.15) is 11.3 Å². The molecule has 144 valence electrons. The van der Waals surface area contributed by atoms with Crippen LogP contribution >= 0.6 is 0 Å². The smallest absolute Gasteiger partial charge is 0.307 e. The summed E-state index contributed by atoms with van der Waals surface area (Å²) in [6.45, 7) is 4.88. The van der Waals surface area contributed by atoms with Crippen molar-refractivity contribution < 1.29 is 13.2 Å². The quantitative estimate of drug-likeness (QED) is 0.500. The molecule has 0 atom stereocenters. The molecular formula is C20H18F3N5. The molecule has 0 saturated carbocycles. The summed E-state index contributed by atoms with van der Waals surface area (Å²) in [4.78, 5) is 8.16. The average molecular weight is 385 g/mol. The molecule has 5 nitrogen and oxygen atoms in total. The van der Waals surface area contributed by atoms with Crippen molar-refractivity contribution in [1.82, 2.24) is 24.1 Å². The number of hydrogen-bond donors (Lipinski definition) is 0. The van der Waals surface area contributed by atoms with Crippen molar-refractivity contribution in [2.24, 2.45) is 5.92 Å². The van der Waals surface area contributed by atoms with Gasteiger partial charge in [-0.3, -0.25) is 4.68 Å². The molecule has 4 heterocycles. The van der Waals surface area contributed by atoms with Gasteiger partial charge in [-0.1, -0.05) is 13.8 Å². The summed E-state index contributed by atoms with van der Waals surface area (Å²) in [5.74, 6) is 0.404. The van der Waals surface area contributed by atoms with Gasteiger partial charge < -0.3 is 4.40 Å². The average Bonchev–Trinajstić information content (AvgIpc) is 3.28. The van der Waals surface area contributed by atoms with Gasteiger partial charge in [-0.05, 0) is 30.2 Å². The molecule has 0 N–H and O–H groups in total. The molecule has 0 saturated heterocycles. The second kappa shape index (κ2) is 6.78. The van der Waals surface area contributed by atoms with E-state index >= 15 is 0 Å².